The van der Waals surface area contributed by atoms with E-state index in [1.807, 2.05) is 13.8 Å². The van der Waals surface area contributed by atoms with Crippen LogP contribution in [0.3, 0.4) is 0 Å². The van der Waals surface area contributed by atoms with Crippen LogP contribution in [0.2, 0.25) is 5.02 Å². The number of carbonyl (C=O) groups is 2. The molecule has 0 saturated carbocycles. The Kier molecular flexibility index (Phi) is 8.88. The lowest BCUT2D eigenvalue weighted by Crippen LogP contribution is -2.33. The summed E-state index contributed by atoms with van der Waals surface area (Å²) < 4.78 is 6.95. The number of carbonyl (C=O) groups excluding carboxylic acids is 2. The molecule has 3 aromatic rings. The molecule has 190 valence electrons. The maximum Gasteiger partial charge on any atom is 0.270 e. The molecule has 36 heavy (non-hydrogen) atoms. The topological polar surface area (TPSA) is 141 Å². The van der Waals surface area contributed by atoms with Crippen LogP contribution >= 0.6 is 23.4 Å². The molecule has 0 radical (unpaired) electrons. The van der Waals surface area contributed by atoms with Crippen molar-refractivity contribution in [2.45, 2.75) is 25.0 Å². The monoisotopic (exact) mass is 532 g/mol. The summed E-state index contributed by atoms with van der Waals surface area (Å²) in [7, 11) is 3.24. The van der Waals surface area contributed by atoms with Gasteiger partial charge in [-0.15, -0.1) is 10.2 Å². The third-order valence-electron chi connectivity index (χ3n) is 5.19. The van der Waals surface area contributed by atoms with Gasteiger partial charge in [-0.1, -0.05) is 43.3 Å². The number of nitrogens with one attached hydrogen (secondary N) is 2. The van der Waals surface area contributed by atoms with Crippen LogP contribution < -0.4 is 15.4 Å². The predicted molar refractivity (Wildman–Crippen MR) is 137 cm³/mol. The highest BCUT2D eigenvalue weighted by atomic mass is 35.5. The Hall–Kier alpha value is -3.64. The third-order valence-corrected chi connectivity index (χ3v) is 6.44. The van der Waals surface area contributed by atoms with E-state index in [-0.39, 0.29) is 28.8 Å². The van der Waals surface area contributed by atoms with Crippen molar-refractivity contribution >= 4 is 46.6 Å². The lowest BCUT2D eigenvalue weighted by atomic mass is 10.0. The fourth-order valence-electron chi connectivity index (χ4n) is 3.33. The summed E-state index contributed by atoms with van der Waals surface area (Å²) in [5.41, 5.74) is 0.451. The smallest absolute Gasteiger partial charge is 0.270 e. The first-order chi connectivity index (χ1) is 17.1. The Morgan fingerprint density at radius 3 is 2.64 bits per heavy atom. The quantitative estimate of drug-likeness (QED) is 0.224. The number of nitro groups is 1. The van der Waals surface area contributed by atoms with Gasteiger partial charge >= 0.3 is 0 Å². The zero-order valence-corrected chi connectivity index (χ0v) is 21.6. The van der Waals surface area contributed by atoms with Crippen LogP contribution in [0, 0.1) is 16.0 Å². The van der Waals surface area contributed by atoms with Gasteiger partial charge in [0.1, 0.15) is 5.75 Å². The molecule has 0 saturated heterocycles. The van der Waals surface area contributed by atoms with Crippen molar-refractivity contribution in [2.24, 2.45) is 13.0 Å². The average Bonchev–Trinajstić information content (AvgIpc) is 3.20. The van der Waals surface area contributed by atoms with Gasteiger partial charge in [0.25, 0.3) is 11.6 Å². The van der Waals surface area contributed by atoms with Crippen molar-refractivity contribution < 1.29 is 19.2 Å². The summed E-state index contributed by atoms with van der Waals surface area (Å²) in [6.07, 6.45) is 0. The minimum absolute atomic E-state index is 0.0496. The number of rotatable bonds is 10. The molecule has 1 aromatic heterocycles. The predicted octanol–water partition coefficient (Wildman–Crippen LogP) is 4.24. The van der Waals surface area contributed by atoms with E-state index in [1.165, 1.54) is 43.1 Å². The summed E-state index contributed by atoms with van der Waals surface area (Å²) in [5.74, 6) is 0.204. The highest BCUT2D eigenvalue weighted by molar-refractivity contribution is 7.99. The highest BCUT2D eigenvalue weighted by Gasteiger charge is 2.26. The number of non-ortho nitro benzene ring substituents is 1. The number of benzene rings is 2. The number of halogens is 1. The van der Waals surface area contributed by atoms with Gasteiger partial charge in [0.05, 0.1) is 29.5 Å². The molecule has 1 atom stereocenters. The fourth-order valence-corrected chi connectivity index (χ4v) is 4.22. The van der Waals surface area contributed by atoms with E-state index in [0.717, 1.165) is 0 Å². The molecule has 2 amide bonds. The lowest BCUT2D eigenvalue weighted by molar-refractivity contribution is -0.384. The van der Waals surface area contributed by atoms with Gasteiger partial charge in [-0.3, -0.25) is 19.7 Å². The summed E-state index contributed by atoms with van der Waals surface area (Å²) in [5, 5.41) is 26.0. The number of nitrogens with zero attached hydrogens (tertiary/aromatic N) is 4. The van der Waals surface area contributed by atoms with E-state index in [9.17, 15) is 19.7 Å². The van der Waals surface area contributed by atoms with Crippen molar-refractivity contribution in [3.8, 4) is 5.75 Å². The van der Waals surface area contributed by atoms with E-state index >= 15 is 0 Å². The number of methoxy groups -OCH3 is 1. The summed E-state index contributed by atoms with van der Waals surface area (Å²) >= 11 is 7.19. The molecule has 0 fully saturated rings. The molecule has 0 aliphatic heterocycles. The molecule has 0 aliphatic carbocycles. The van der Waals surface area contributed by atoms with Gasteiger partial charge in [0, 0.05) is 29.8 Å². The van der Waals surface area contributed by atoms with E-state index in [2.05, 4.69) is 20.8 Å². The van der Waals surface area contributed by atoms with E-state index in [1.54, 1.807) is 29.8 Å². The van der Waals surface area contributed by atoms with Crippen LogP contribution in [0.25, 0.3) is 0 Å². The molecule has 3 rings (SSSR count). The molecule has 0 aliphatic rings. The average molecular weight is 533 g/mol. The number of hydrogen-bond acceptors (Lipinski definition) is 8. The summed E-state index contributed by atoms with van der Waals surface area (Å²) in [4.78, 5) is 35.8. The number of hydrogen-bond donors (Lipinski definition) is 2. The molecule has 0 bridgehead atoms. The van der Waals surface area contributed by atoms with Crippen molar-refractivity contribution in [2.75, 3.05) is 18.2 Å². The standard InChI is InChI=1S/C23H25ClN6O5S/c1-13(2)20(26-22(32)14-6-5-7-16(10-14)30(33)34)21-27-28-23(29(21)3)36-12-19(31)25-17-11-15(24)8-9-18(17)35-4/h5-11,13,20H,12H2,1-4H3,(H,25,31)(H,26,32)/t20-/m0/s1. The minimum Gasteiger partial charge on any atom is -0.495 e. The molecule has 0 spiro atoms. The third kappa shape index (κ3) is 6.52. The number of anilines is 1. The first-order valence-electron chi connectivity index (χ1n) is 10.8. The van der Waals surface area contributed by atoms with Crippen LogP contribution in [0.4, 0.5) is 11.4 Å². The van der Waals surface area contributed by atoms with Gasteiger partial charge in [-0.25, -0.2) is 0 Å². The van der Waals surface area contributed by atoms with Crippen molar-refractivity contribution in [3.05, 3.63) is 69.0 Å². The van der Waals surface area contributed by atoms with E-state index < -0.39 is 16.9 Å². The zero-order valence-electron chi connectivity index (χ0n) is 20.0. The minimum atomic E-state index is -0.554. The normalized spacial score (nSPS) is 11.7. The second kappa shape index (κ2) is 11.9. The van der Waals surface area contributed by atoms with Crippen LogP contribution in [-0.2, 0) is 11.8 Å². The largest absolute Gasteiger partial charge is 0.495 e. The van der Waals surface area contributed by atoms with E-state index in [4.69, 9.17) is 16.3 Å². The Labute approximate surface area is 216 Å². The lowest BCUT2D eigenvalue weighted by Gasteiger charge is -2.21. The Balaban J connectivity index is 1.70. The molecule has 1 heterocycles. The Morgan fingerprint density at radius 2 is 1.97 bits per heavy atom. The summed E-state index contributed by atoms with van der Waals surface area (Å²) in [6, 6.07) is 9.90. The first kappa shape index (κ1) is 27.0. The van der Waals surface area contributed by atoms with Crippen molar-refractivity contribution in [1.29, 1.82) is 0 Å². The SMILES string of the molecule is COc1ccc(Cl)cc1NC(=O)CSc1nnc([C@@H](NC(=O)c2cccc([N+](=O)[O-])c2)C(C)C)n1C. The molecule has 11 nitrogen and oxygen atoms in total. The molecule has 2 N–H and O–H groups in total. The van der Waals surface area contributed by atoms with Crippen LogP contribution in [-0.4, -0.2) is 44.4 Å². The van der Waals surface area contributed by atoms with Crippen LogP contribution in [0.5, 0.6) is 5.75 Å². The molecular formula is C23H25ClN6O5S. The molecular weight excluding hydrogens is 508 g/mol. The second-order valence-corrected chi connectivity index (χ2v) is 9.46. The van der Waals surface area contributed by atoms with Crippen LogP contribution in [0.15, 0.2) is 47.6 Å². The number of amides is 2. The second-order valence-electron chi connectivity index (χ2n) is 8.08. The van der Waals surface area contributed by atoms with Gasteiger partial charge in [-0.05, 0) is 30.2 Å². The number of ether oxygens (including phenoxy) is 1. The first-order valence-corrected chi connectivity index (χ1v) is 12.2. The number of nitro benzene ring substituents is 1. The maximum atomic E-state index is 12.8. The molecule has 2 aromatic carbocycles. The Morgan fingerprint density at radius 1 is 1.22 bits per heavy atom. The van der Waals surface area contributed by atoms with E-state index in [0.29, 0.717) is 27.4 Å². The van der Waals surface area contributed by atoms with Gasteiger partial charge in [0.2, 0.25) is 5.91 Å². The Bertz CT molecular complexity index is 1280. The van der Waals surface area contributed by atoms with Crippen LogP contribution in [0.1, 0.15) is 36.1 Å². The maximum absolute atomic E-state index is 12.8. The van der Waals surface area contributed by atoms with Crippen molar-refractivity contribution in [1.82, 2.24) is 20.1 Å². The molecule has 0 unspecified atom stereocenters. The zero-order chi connectivity index (χ0) is 26.4. The number of aromatic nitrogens is 3. The highest BCUT2D eigenvalue weighted by Crippen LogP contribution is 2.29. The van der Waals surface area contributed by atoms with Crippen molar-refractivity contribution in [3.63, 3.8) is 0 Å². The number of thioether (sulfide) groups is 1. The fraction of sp³-hybridized carbons (Fsp3) is 0.304. The van der Waals surface area contributed by atoms with Gasteiger partial charge < -0.3 is 19.9 Å². The molecule has 13 heteroatoms. The summed E-state index contributed by atoms with van der Waals surface area (Å²) in [6.45, 7) is 3.82. The van der Waals surface area contributed by atoms with Gasteiger partial charge in [-0.2, -0.15) is 0 Å². The van der Waals surface area contributed by atoms with Gasteiger partial charge in [0.15, 0.2) is 11.0 Å².